The number of nitrogens with zero attached hydrogens (tertiary/aromatic N) is 1. The van der Waals surface area contributed by atoms with Crippen LogP contribution in [0.3, 0.4) is 0 Å². The Kier molecular flexibility index (Phi) is 5.19. The van der Waals surface area contributed by atoms with E-state index >= 15 is 0 Å². The van der Waals surface area contributed by atoms with Gasteiger partial charge >= 0.3 is 0 Å². The second-order valence-corrected chi connectivity index (χ2v) is 9.63. The average Bonchev–Trinajstić information content (AvgIpc) is 3.41. The van der Waals surface area contributed by atoms with E-state index in [1.165, 1.54) is 12.8 Å². The number of para-hydroxylation sites is 1. The maximum Gasteiger partial charge on any atom is 0.209 e. The second-order valence-electron chi connectivity index (χ2n) is 9.63. The monoisotopic (exact) mass is 441 g/mol. The van der Waals surface area contributed by atoms with Crippen molar-refractivity contribution in [3.8, 4) is 11.5 Å². The van der Waals surface area contributed by atoms with E-state index in [1.807, 2.05) is 45.9 Å². The predicted molar refractivity (Wildman–Crippen MR) is 132 cm³/mol. The number of ether oxygens (including phenoxy) is 1. The van der Waals surface area contributed by atoms with Crippen LogP contribution >= 0.6 is 0 Å². The van der Waals surface area contributed by atoms with Gasteiger partial charge in [-0.05, 0) is 92.8 Å². The van der Waals surface area contributed by atoms with Crippen LogP contribution in [0.15, 0.2) is 53.5 Å². The van der Waals surface area contributed by atoms with Crippen LogP contribution in [0.1, 0.15) is 64.6 Å². The summed E-state index contributed by atoms with van der Waals surface area (Å²) in [6.45, 7) is 7.73. The van der Waals surface area contributed by atoms with Crippen molar-refractivity contribution < 1.29 is 14.9 Å². The van der Waals surface area contributed by atoms with Crippen LogP contribution in [-0.4, -0.2) is 22.2 Å². The van der Waals surface area contributed by atoms with Gasteiger partial charge in [0.2, 0.25) is 5.90 Å². The molecule has 1 saturated carbocycles. The highest BCUT2D eigenvalue weighted by Gasteiger charge is 2.50. The van der Waals surface area contributed by atoms with Gasteiger partial charge in [-0.3, -0.25) is 0 Å². The molecule has 4 nitrogen and oxygen atoms in total. The zero-order valence-electron chi connectivity index (χ0n) is 19.8. The van der Waals surface area contributed by atoms with Gasteiger partial charge in [0.25, 0.3) is 0 Å². The van der Waals surface area contributed by atoms with Gasteiger partial charge in [-0.1, -0.05) is 42.5 Å². The van der Waals surface area contributed by atoms with Crippen LogP contribution in [-0.2, 0) is 10.2 Å². The molecule has 33 heavy (non-hydrogen) atoms. The lowest BCUT2D eigenvalue weighted by Crippen LogP contribution is -2.39. The minimum Gasteiger partial charge on any atom is -0.507 e. The molecule has 1 heterocycles. The van der Waals surface area contributed by atoms with Crippen molar-refractivity contribution in [1.82, 2.24) is 0 Å². The van der Waals surface area contributed by atoms with Gasteiger partial charge in [-0.25, -0.2) is 4.99 Å². The summed E-state index contributed by atoms with van der Waals surface area (Å²) in [5.74, 6) is 1.31. The molecule has 5 rings (SSSR count). The number of fused-ring (bicyclic) bond motifs is 1. The molecule has 0 aromatic heterocycles. The van der Waals surface area contributed by atoms with Crippen molar-refractivity contribution in [2.75, 3.05) is 0 Å². The number of aryl methyl sites for hydroxylation is 4. The fraction of sp³-hybridized carbons (Fsp3) is 0.345. The number of benzene rings is 3. The standard InChI is InChI=1S/C29H31NO3/c1-17-13-21(14-18(2)26(17)31)29(22-15-19(3)27(32)20(4)16-22)24-11-7-8-12-25(24)30-28(29)33-23-9-5-6-10-23/h7-8,11-16,23,31-32H,5-6,9-10H2,1-4H3. The first-order valence-corrected chi connectivity index (χ1v) is 11.8. The van der Waals surface area contributed by atoms with E-state index in [9.17, 15) is 10.2 Å². The lowest BCUT2D eigenvalue weighted by atomic mass is 9.68. The Morgan fingerprint density at radius 1 is 0.788 bits per heavy atom. The van der Waals surface area contributed by atoms with Crippen LogP contribution in [0.5, 0.6) is 11.5 Å². The van der Waals surface area contributed by atoms with Gasteiger partial charge in [0.05, 0.1) is 5.69 Å². The van der Waals surface area contributed by atoms with Crippen molar-refractivity contribution in [3.05, 3.63) is 87.5 Å². The SMILES string of the molecule is Cc1cc(C2(c3cc(C)c(O)c(C)c3)C(OC3CCCC3)=Nc3ccccc32)cc(C)c1O. The Labute approximate surface area is 195 Å². The van der Waals surface area contributed by atoms with Crippen molar-refractivity contribution in [3.63, 3.8) is 0 Å². The zero-order valence-corrected chi connectivity index (χ0v) is 19.8. The number of aromatic hydroxyl groups is 2. The van der Waals surface area contributed by atoms with Gasteiger partial charge in [-0.15, -0.1) is 0 Å². The summed E-state index contributed by atoms with van der Waals surface area (Å²) in [7, 11) is 0. The van der Waals surface area contributed by atoms with E-state index in [0.717, 1.165) is 57.5 Å². The summed E-state index contributed by atoms with van der Waals surface area (Å²) in [5, 5.41) is 21.1. The number of phenolic OH excluding ortho intramolecular Hbond substituents is 2. The molecular weight excluding hydrogens is 410 g/mol. The molecule has 0 radical (unpaired) electrons. The Morgan fingerprint density at radius 2 is 1.27 bits per heavy atom. The van der Waals surface area contributed by atoms with Crippen molar-refractivity contribution in [2.24, 2.45) is 4.99 Å². The third-order valence-corrected chi connectivity index (χ3v) is 7.28. The summed E-state index contributed by atoms with van der Waals surface area (Å²) < 4.78 is 6.72. The van der Waals surface area contributed by atoms with Gasteiger partial charge < -0.3 is 14.9 Å². The summed E-state index contributed by atoms with van der Waals surface area (Å²) in [6.07, 6.45) is 4.56. The first-order chi connectivity index (χ1) is 15.8. The predicted octanol–water partition coefficient (Wildman–Crippen LogP) is 6.67. The number of hydrogen-bond acceptors (Lipinski definition) is 4. The van der Waals surface area contributed by atoms with E-state index in [4.69, 9.17) is 9.73 Å². The maximum absolute atomic E-state index is 10.5. The summed E-state index contributed by atoms with van der Waals surface area (Å²) in [6, 6.07) is 16.4. The Balaban J connectivity index is 1.85. The van der Waals surface area contributed by atoms with Gasteiger partial charge in [0.1, 0.15) is 23.0 Å². The molecule has 3 aromatic rings. The lowest BCUT2D eigenvalue weighted by molar-refractivity contribution is 0.185. The molecule has 0 atom stereocenters. The van der Waals surface area contributed by atoms with Crippen molar-refractivity contribution >= 4 is 11.6 Å². The first kappa shape index (κ1) is 21.6. The van der Waals surface area contributed by atoms with Crippen molar-refractivity contribution in [2.45, 2.75) is 64.9 Å². The lowest BCUT2D eigenvalue weighted by Gasteiger charge is -2.35. The molecular formula is C29H31NO3. The largest absolute Gasteiger partial charge is 0.507 e. The van der Waals surface area contributed by atoms with E-state index in [-0.39, 0.29) is 6.10 Å². The minimum atomic E-state index is -0.758. The Morgan fingerprint density at radius 3 is 1.79 bits per heavy atom. The van der Waals surface area contributed by atoms with E-state index in [0.29, 0.717) is 17.4 Å². The van der Waals surface area contributed by atoms with Crippen LogP contribution in [0.25, 0.3) is 0 Å². The van der Waals surface area contributed by atoms with Crippen LogP contribution in [0.2, 0.25) is 0 Å². The fourth-order valence-electron chi connectivity index (χ4n) is 5.54. The molecule has 0 unspecified atom stereocenters. The maximum atomic E-state index is 10.5. The quantitative estimate of drug-likeness (QED) is 0.477. The molecule has 0 bridgehead atoms. The van der Waals surface area contributed by atoms with E-state index in [2.05, 4.69) is 30.3 Å². The third-order valence-electron chi connectivity index (χ3n) is 7.28. The second kappa shape index (κ2) is 7.95. The van der Waals surface area contributed by atoms with Crippen molar-refractivity contribution in [1.29, 1.82) is 0 Å². The number of phenols is 2. The Bertz CT molecular complexity index is 1160. The van der Waals surface area contributed by atoms with E-state index < -0.39 is 5.41 Å². The minimum absolute atomic E-state index is 0.149. The molecule has 4 heteroatoms. The van der Waals surface area contributed by atoms with E-state index in [1.54, 1.807) is 0 Å². The summed E-state index contributed by atoms with van der Waals surface area (Å²) in [4.78, 5) is 5.05. The molecule has 0 spiro atoms. The molecule has 0 amide bonds. The fourth-order valence-corrected chi connectivity index (χ4v) is 5.54. The molecule has 1 fully saturated rings. The molecule has 3 aromatic carbocycles. The molecule has 1 aliphatic heterocycles. The average molecular weight is 442 g/mol. The molecule has 2 N–H and O–H groups in total. The zero-order chi connectivity index (χ0) is 23.3. The van der Waals surface area contributed by atoms with Gasteiger partial charge in [0.15, 0.2) is 0 Å². The number of rotatable bonds is 3. The molecule has 0 saturated heterocycles. The normalized spacial score (nSPS) is 17.2. The van der Waals surface area contributed by atoms with Crippen LogP contribution < -0.4 is 0 Å². The number of hydrogen-bond donors (Lipinski definition) is 2. The summed E-state index contributed by atoms with van der Waals surface area (Å²) >= 11 is 0. The molecule has 2 aliphatic rings. The Hall–Kier alpha value is -3.27. The van der Waals surface area contributed by atoms with Crippen LogP contribution in [0.4, 0.5) is 5.69 Å². The van der Waals surface area contributed by atoms with Gasteiger partial charge in [-0.2, -0.15) is 0 Å². The highest BCUT2D eigenvalue weighted by atomic mass is 16.5. The topological polar surface area (TPSA) is 62.0 Å². The van der Waals surface area contributed by atoms with Gasteiger partial charge in [0, 0.05) is 5.56 Å². The highest BCUT2D eigenvalue weighted by Crippen LogP contribution is 2.52. The number of aliphatic imine (C=N–C) groups is 1. The van der Waals surface area contributed by atoms with Crippen LogP contribution in [0, 0.1) is 27.7 Å². The smallest absolute Gasteiger partial charge is 0.209 e. The first-order valence-electron chi connectivity index (χ1n) is 11.8. The summed E-state index contributed by atoms with van der Waals surface area (Å²) in [5.41, 5.74) is 6.52. The highest BCUT2D eigenvalue weighted by molar-refractivity contribution is 6.03. The molecule has 1 aliphatic carbocycles. The third kappa shape index (κ3) is 3.31. The molecule has 170 valence electrons.